The maximum atomic E-state index is 6.38. The Morgan fingerprint density at radius 3 is 2.50 bits per heavy atom. The van der Waals surface area contributed by atoms with Gasteiger partial charge in [-0.1, -0.05) is 37.8 Å². The van der Waals surface area contributed by atoms with Gasteiger partial charge in [0, 0.05) is 17.9 Å². The van der Waals surface area contributed by atoms with E-state index in [1.165, 1.54) is 38.5 Å². The zero-order valence-electron chi connectivity index (χ0n) is 12.2. The van der Waals surface area contributed by atoms with Gasteiger partial charge in [-0.2, -0.15) is 0 Å². The standard InChI is InChI=1S/C17H24BrNO/c1-19-15-12-16(17(15)10-6-2-3-7-11-17)20-14-9-5-4-8-13(14)18/h4-5,8-9,15-16,19H,2-3,6-7,10-12H2,1H3. The van der Waals surface area contributed by atoms with Crippen LogP contribution in [0.25, 0.3) is 0 Å². The second-order valence-electron chi connectivity index (χ2n) is 6.26. The summed E-state index contributed by atoms with van der Waals surface area (Å²) in [5, 5.41) is 3.53. The van der Waals surface area contributed by atoms with Gasteiger partial charge in [-0.25, -0.2) is 0 Å². The topological polar surface area (TPSA) is 21.3 Å². The minimum Gasteiger partial charge on any atom is -0.489 e. The van der Waals surface area contributed by atoms with Crippen LogP contribution in [0.2, 0.25) is 0 Å². The van der Waals surface area contributed by atoms with E-state index in [-0.39, 0.29) is 0 Å². The highest BCUT2D eigenvalue weighted by Gasteiger charge is 2.55. The molecule has 0 bridgehead atoms. The van der Waals surface area contributed by atoms with Gasteiger partial charge in [0.1, 0.15) is 11.9 Å². The van der Waals surface area contributed by atoms with E-state index < -0.39 is 0 Å². The van der Waals surface area contributed by atoms with E-state index in [9.17, 15) is 0 Å². The van der Waals surface area contributed by atoms with Crippen LogP contribution in [0.15, 0.2) is 28.7 Å². The molecule has 3 rings (SSSR count). The van der Waals surface area contributed by atoms with Crippen molar-refractivity contribution in [2.45, 2.75) is 57.1 Å². The van der Waals surface area contributed by atoms with Gasteiger partial charge in [0.2, 0.25) is 0 Å². The lowest BCUT2D eigenvalue weighted by molar-refractivity contribution is -0.0885. The van der Waals surface area contributed by atoms with E-state index in [1.54, 1.807) is 0 Å². The predicted octanol–water partition coefficient (Wildman–Crippen LogP) is 4.53. The number of benzene rings is 1. The number of ether oxygens (including phenoxy) is 1. The Morgan fingerprint density at radius 1 is 1.15 bits per heavy atom. The summed E-state index contributed by atoms with van der Waals surface area (Å²) in [4.78, 5) is 0. The molecule has 1 aromatic rings. The Labute approximate surface area is 130 Å². The lowest BCUT2D eigenvalue weighted by Crippen LogP contribution is -2.64. The molecule has 20 heavy (non-hydrogen) atoms. The van der Waals surface area contributed by atoms with E-state index in [4.69, 9.17) is 4.74 Å². The van der Waals surface area contributed by atoms with E-state index in [0.717, 1.165) is 16.6 Å². The molecule has 2 saturated carbocycles. The Hall–Kier alpha value is -0.540. The molecule has 2 aliphatic rings. The van der Waals surface area contributed by atoms with Gasteiger partial charge < -0.3 is 10.1 Å². The Bertz CT molecular complexity index is 454. The molecule has 2 nitrogen and oxygen atoms in total. The summed E-state index contributed by atoms with van der Waals surface area (Å²) in [5.41, 5.74) is 0.362. The smallest absolute Gasteiger partial charge is 0.133 e. The molecule has 0 amide bonds. The van der Waals surface area contributed by atoms with Crippen molar-refractivity contribution >= 4 is 15.9 Å². The average Bonchev–Trinajstić information content (AvgIpc) is 2.72. The van der Waals surface area contributed by atoms with Crippen molar-refractivity contribution in [2.24, 2.45) is 5.41 Å². The lowest BCUT2D eigenvalue weighted by atomic mass is 9.58. The molecule has 0 aliphatic heterocycles. The van der Waals surface area contributed by atoms with Crippen molar-refractivity contribution in [1.82, 2.24) is 5.32 Å². The minimum atomic E-state index is 0.362. The third kappa shape index (κ3) is 2.50. The highest BCUT2D eigenvalue weighted by atomic mass is 79.9. The second-order valence-corrected chi connectivity index (χ2v) is 7.12. The highest BCUT2D eigenvalue weighted by Crippen LogP contribution is 2.52. The second kappa shape index (κ2) is 6.07. The Morgan fingerprint density at radius 2 is 1.85 bits per heavy atom. The summed E-state index contributed by atoms with van der Waals surface area (Å²) in [6.45, 7) is 0. The van der Waals surface area contributed by atoms with E-state index in [2.05, 4.69) is 40.4 Å². The monoisotopic (exact) mass is 337 g/mol. The third-order valence-corrected chi connectivity index (χ3v) is 5.93. The number of hydrogen-bond acceptors (Lipinski definition) is 2. The number of rotatable bonds is 3. The molecule has 2 atom stereocenters. The first-order chi connectivity index (χ1) is 9.76. The first-order valence-corrected chi connectivity index (χ1v) is 8.64. The van der Waals surface area contributed by atoms with Crippen LogP contribution in [-0.4, -0.2) is 19.2 Å². The summed E-state index contributed by atoms with van der Waals surface area (Å²) >= 11 is 3.60. The van der Waals surface area contributed by atoms with Crippen LogP contribution in [-0.2, 0) is 0 Å². The first-order valence-electron chi connectivity index (χ1n) is 7.85. The highest BCUT2D eigenvalue weighted by molar-refractivity contribution is 9.10. The lowest BCUT2D eigenvalue weighted by Gasteiger charge is -2.55. The first kappa shape index (κ1) is 14.4. The maximum Gasteiger partial charge on any atom is 0.133 e. The molecule has 3 heteroatoms. The number of halogens is 1. The molecule has 110 valence electrons. The van der Waals surface area contributed by atoms with Crippen LogP contribution >= 0.6 is 15.9 Å². The van der Waals surface area contributed by atoms with Gasteiger partial charge in [0.05, 0.1) is 4.47 Å². The average molecular weight is 338 g/mol. The summed E-state index contributed by atoms with van der Waals surface area (Å²) in [6, 6.07) is 8.85. The van der Waals surface area contributed by atoms with Gasteiger partial charge in [-0.3, -0.25) is 0 Å². The van der Waals surface area contributed by atoms with Crippen molar-refractivity contribution in [3.8, 4) is 5.75 Å². The van der Waals surface area contributed by atoms with E-state index in [1.807, 2.05) is 12.1 Å². The van der Waals surface area contributed by atoms with Gasteiger partial charge in [0.15, 0.2) is 0 Å². The van der Waals surface area contributed by atoms with E-state index in [0.29, 0.717) is 17.6 Å². The minimum absolute atomic E-state index is 0.362. The Kier molecular flexibility index (Phi) is 4.37. The van der Waals surface area contributed by atoms with Gasteiger partial charge >= 0.3 is 0 Å². The van der Waals surface area contributed by atoms with Gasteiger partial charge in [-0.05, 0) is 48.0 Å². The normalized spacial score (nSPS) is 28.7. The van der Waals surface area contributed by atoms with Crippen LogP contribution in [0.4, 0.5) is 0 Å². The molecule has 1 aromatic carbocycles. The molecule has 0 heterocycles. The molecule has 2 fully saturated rings. The van der Waals surface area contributed by atoms with Crippen molar-refractivity contribution in [3.05, 3.63) is 28.7 Å². The summed E-state index contributed by atoms with van der Waals surface area (Å²) in [5.74, 6) is 0.996. The Balaban J connectivity index is 1.77. The summed E-state index contributed by atoms with van der Waals surface area (Å²) < 4.78 is 7.44. The quantitative estimate of drug-likeness (QED) is 0.874. The summed E-state index contributed by atoms with van der Waals surface area (Å²) in [7, 11) is 2.10. The van der Waals surface area contributed by atoms with Crippen molar-refractivity contribution < 1.29 is 4.74 Å². The number of para-hydroxylation sites is 1. The molecule has 1 N–H and O–H groups in total. The predicted molar refractivity (Wildman–Crippen MR) is 86.2 cm³/mol. The van der Waals surface area contributed by atoms with Crippen LogP contribution < -0.4 is 10.1 Å². The molecule has 1 spiro atoms. The zero-order chi connectivity index (χ0) is 14.0. The summed E-state index contributed by atoms with van der Waals surface area (Å²) in [6.07, 6.45) is 9.62. The van der Waals surface area contributed by atoms with Crippen molar-refractivity contribution in [2.75, 3.05) is 7.05 Å². The molecular weight excluding hydrogens is 314 g/mol. The third-order valence-electron chi connectivity index (χ3n) is 5.27. The van der Waals surface area contributed by atoms with Gasteiger partial charge in [-0.15, -0.1) is 0 Å². The van der Waals surface area contributed by atoms with E-state index >= 15 is 0 Å². The fraction of sp³-hybridized carbons (Fsp3) is 0.647. The molecule has 0 aromatic heterocycles. The maximum absolute atomic E-state index is 6.38. The molecule has 0 radical (unpaired) electrons. The fourth-order valence-corrected chi connectivity index (χ4v) is 4.45. The molecule has 0 saturated heterocycles. The molecular formula is C17H24BrNO. The van der Waals surface area contributed by atoms with Gasteiger partial charge in [0.25, 0.3) is 0 Å². The zero-order valence-corrected chi connectivity index (χ0v) is 13.8. The van der Waals surface area contributed by atoms with Crippen LogP contribution in [0.5, 0.6) is 5.75 Å². The van der Waals surface area contributed by atoms with Crippen LogP contribution in [0.3, 0.4) is 0 Å². The van der Waals surface area contributed by atoms with Crippen LogP contribution in [0, 0.1) is 5.41 Å². The molecule has 2 aliphatic carbocycles. The van der Waals surface area contributed by atoms with Crippen molar-refractivity contribution in [1.29, 1.82) is 0 Å². The molecule has 2 unspecified atom stereocenters. The van der Waals surface area contributed by atoms with Crippen molar-refractivity contribution in [3.63, 3.8) is 0 Å². The SMILES string of the molecule is CNC1CC(Oc2ccccc2Br)C12CCCCCC2. The fourth-order valence-electron chi connectivity index (χ4n) is 4.07. The number of nitrogens with one attached hydrogen (secondary N) is 1. The van der Waals surface area contributed by atoms with Crippen LogP contribution in [0.1, 0.15) is 44.9 Å². The largest absolute Gasteiger partial charge is 0.489 e. The number of hydrogen-bond donors (Lipinski definition) is 1.